The maximum atomic E-state index is 4.36. The molecule has 1 aliphatic rings. The number of hydrogen-bond donors (Lipinski definition) is 1. The van der Waals surface area contributed by atoms with Gasteiger partial charge in [-0.05, 0) is 58.1 Å². The smallest absolute Gasteiger partial charge is 0.0600 e. The maximum absolute atomic E-state index is 4.36. The van der Waals surface area contributed by atoms with Crippen LogP contribution in [0.5, 0.6) is 0 Å². The number of rotatable bonds is 4. The fraction of sp³-hybridized carbons (Fsp3) is 0.706. The van der Waals surface area contributed by atoms with E-state index in [1.54, 1.807) is 0 Å². The Labute approximate surface area is 123 Å². The summed E-state index contributed by atoms with van der Waals surface area (Å²) in [6, 6.07) is 2.84. The van der Waals surface area contributed by atoms with Gasteiger partial charge in [-0.25, -0.2) is 0 Å². The highest BCUT2D eigenvalue weighted by Crippen LogP contribution is 2.28. The average molecular weight is 275 g/mol. The van der Waals surface area contributed by atoms with E-state index in [1.165, 1.54) is 43.5 Å². The normalized spacial score (nSPS) is 20.2. The second kappa shape index (κ2) is 6.57. The Balaban J connectivity index is 2.18. The van der Waals surface area contributed by atoms with Crippen molar-refractivity contribution in [2.45, 2.75) is 71.5 Å². The zero-order valence-corrected chi connectivity index (χ0v) is 13.4. The van der Waals surface area contributed by atoms with Crippen LogP contribution in [-0.2, 0) is 6.54 Å². The lowest BCUT2D eigenvalue weighted by Crippen LogP contribution is -2.41. The van der Waals surface area contributed by atoms with Gasteiger partial charge in [-0.1, -0.05) is 6.92 Å². The van der Waals surface area contributed by atoms with Crippen molar-refractivity contribution >= 4 is 5.69 Å². The summed E-state index contributed by atoms with van der Waals surface area (Å²) in [5, 5.41) is 3.60. The molecule has 0 aliphatic carbocycles. The van der Waals surface area contributed by atoms with Gasteiger partial charge in [0.25, 0.3) is 0 Å². The Morgan fingerprint density at radius 1 is 1.35 bits per heavy atom. The van der Waals surface area contributed by atoms with Crippen molar-refractivity contribution in [3.63, 3.8) is 0 Å². The average Bonchev–Trinajstić information content (AvgIpc) is 2.44. The first-order valence-corrected chi connectivity index (χ1v) is 7.96. The third kappa shape index (κ3) is 3.95. The van der Waals surface area contributed by atoms with Crippen LogP contribution in [0.25, 0.3) is 0 Å². The number of nitrogens with one attached hydrogen (secondary N) is 1. The molecule has 112 valence electrons. The third-order valence-electron chi connectivity index (χ3n) is 4.10. The molecule has 1 aromatic heterocycles. The van der Waals surface area contributed by atoms with Crippen LogP contribution in [-0.4, -0.2) is 23.1 Å². The molecule has 0 saturated carbocycles. The first-order chi connectivity index (χ1) is 9.51. The molecule has 3 heteroatoms. The van der Waals surface area contributed by atoms with E-state index in [4.69, 9.17) is 0 Å². The Morgan fingerprint density at radius 2 is 2.15 bits per heavy atom. The highest BCUT2D eigenvalue weighted by atomic mass is 15.2. The molecule has 0 amide bonds. The first-order valence-electron chi connectivity index (χ1n) is 7.96. The molecular weight excluding hydrogens is 246 g/mol. The van der Waals surface area contributed by atoms with E-state index in [2.05, 4.69) is 49.0 Å². The second-order valence-electron chi connectivity index (χ2n) is 6.86. The van der Waals surface area contributed by atoms with Crippen molar-refractivity contribution in [1.29, 1.82) is 0 Å². The van der Waals surface area contributed by atoms with Crippen LogP contribution < -0.4 is 10.2 Å². The van der Waals surface area contributed by atoms with Crippen LogP contribution in [0.1, 0.15) is 58.9 Å². The molecule has 0 aromatic carbocycles. The standard InChI is InChI=1S/C17H29N3/c1-5-15-8-6-7-11-20(15)16-13-18-10-9-14(16)12-19-17(2,3)4/h9-10,13,15,19H,5-8,11-12H2,1-4H3. The first kappa shape index (κ1) is 15.3. The summed E-state index contributed by atoms with van der Waals surface area (Å²) in [4.78, 5) is 6.94. The summed E-state index contributed by atoms with van der Waals surface area (Å²) >= 11 is 0. The van der Waals surface area contributed by atoms with Gasteiger partial charge in [0.1, 0.15) is 0 Å². The van der Waals surface area contributed by atoms with E-state index in [1.807, 2.05) is 12.4 Å². The van der Waals surface area contributed by atoms with Crippen LogP contribution in [0.15, 0.2) is 18.5 Å². The monoisotopic (exact) mass is 275 g/mol. The molecule has 1 unspecified atom stereocenters. The highest BCUT2D eigenvalue weighted by molar-refractivity contribution is 5.53. The SMILES string of the molecule is CCC1CCCCN1c1cnccc1CNC(C)(C)C. The highest BCUT2D eigenvalue weighted by Gasteiger charge is 2.23. The molecule has 1 aromatic rings. The second-order valence-corrected chi connectivity index (χ2v) is 6.86. The predicted octanol–water partition coefficient (Wildman–Crippen LogP) is 3.74. The van der Waals surface area contributed by atoms with Crippen LogP contribution >= 0.6 is 0 Å². The van der Waals surface area contributed by atoms with Crippen LogP contribution in [0.3, 0.4) is 0 Å². The Morgan fingerprint density at radius 3 is 2.85 bits per heavy atom. The van der Waals surface area contributed by atoms with Crippen molar-refractivity contribution in [3.8, 4) is 0 Å². The molecule has 0 radical (unpaired) electrons. The molecular formula is C17H29N3. The number of pyridine rings is 1. The number of anilines is 1. The lowest BCUT2D eigenvalue weighted by atomic mass is 9.98. The third-order valence-corrected chi connectivity index (χ3v) is 4.10. The van der Waals surface area contributed by atoms with E-state index in [0.717, 1.165) is 6.54 Å². The summed E-state index contributed by atoms with van der Waals surface area (Å²) < 4.78 is 0. The molecule has 1 atom stereocenters. The summed E-state index contributed by atoms with van der Waals surface area (Å²) in [5.41, 5.74) is 2.85. The summed E-state index contributed by atoms with van der Waals surface area (Å²) in [7, 11) is 0. The Hall–Kier alpha value is -1.09. The minimum Gasteiger partial charge on any atom is -0.367 e. The van der Waals surface area contributed by atoms with Gasteiger partial charge in [-0.3, -0.25) is 4.98 Å². The van der Waals surface area contributed by atoms with Gasteiger partial charge in [0.2, 0.25) is 0 Å². The van der Waals surface area contributed by atoms with Gasteiger partial charge in [0.05, 0.1) is 11.9 Å². The minimum atomic E-state index is 0.145. The summed E-state index contributed by atoms with van der Waals surface area (Å²) in [6.07, 6.45) is 9.17. The number of piperidine rings is 1. The van der Waals surface area contributed by atoms with Crippen LogP contribution in [0.2, 0.25) is 0 Å². The van der Waals surface area contributed by atoms with E-state index in [-0.39, 0.29) is 5.54 Å². The zero-order valence-electron chi connectivity index (χ0n) is 13.4. The molecule has 20 heavy (non-hydrogen) atoms. The quantitative estimate of drug-likeness (QED) is 0.907. The summed E-state index contributed by atoms with van der Waals surface area (Å²) in [6.45, 7) is 11.0. The largest absolute Gasteiger partial charge is 0.367 e. The van der Waals surface area contributed by atoms with E-state index < -0.39 is 0 Å². The zero-order chi connectivity index (χ0) is 14.6. The van der Waals surface area contributed by atoms with Gasteiger partial charge in [-0.15, -0.1) is 0 Å². The van der Waals surface area contributed by atoms with E-state index in [0.29, 0.717) is 6.04 Å². The number of nitrogens with zero attached hydrogens (tertiary/aromatic N) is 2. The fourth-order valence-corrected chi connectivity index (χ4v) is 2.93. The van der Waals surface area contributed by atoms with E-state index in [9.17, 15) is 0 Å². The number of aromatic nitrogens is 1. The fourth-order valence-electron chi connectivity index (χ4n) is 2.93. The van der Waals surface area contributed by atoms with Gasteiger partial charge in [0.15, 0.2) is 0 Å². The van der Waals surface area contributed by atoms with Crippen molar-refractivity contribution in [1.82, 2.24) is 10.3 Å². The topological polar surface area (TPSA) is 28.2 Å². The van der Waals surface area contributed by atoms with Gasteiger partial charge in [-0.2, -0.15) is 0 Å². The van der Waals surface area contributed by atoms with E-state index >= 15 is 0 Å². The Bertz CT molecular complexity index is 422. The van der Waals surface area contributed by atoms with Gasteiger partial charge >= 0.3 is 0 Å². The maximum Gasteiger partial charge on any atom is 0.0600 e. The molecule has 1 N–H and O–H groups in total. The predicted molar refractivity (Wildman–Crippen MR) is 86.1 cm³/mol. The molecule has 2 heterocycles. The van der Waals surface area contributed by atoms with Crippen molar-refractivity contribution in [3.05, 3.63) is 24.0 Å². The molecule has 0 bridgehead atoms. The summed E-state index contributed by atoms with van der Waals surface area (Å²) in [5.74, 6) is 0. The van der Waals surface area contributed by atoms with Gasteiger partial charge < -0.3 is 10.2 Å². The molecule has 1 aliphatic heterocycles. The lowest BCUT2D eigenvalue weighted by molar-refractivity contribution is 0.420. The Kier molecular flexibility index (Phi) is 5.03. The van der Waals surface area contributed by atoms with Crippen molar-refractivity contribution in [2.24, 2.45) is 0 Å². The molecule has 1 saturated heterocycles. The number of hydrogen-bond acceptors (Lipinski definition) is 3. The van der Waals surface area contributed by atoms with Gasteiger partial charge in [0, 0.05) is 30.9 Å². The molecule has 1 fully saturated rings. The molecule has 3 nitrogen and oxygen atoms in total. The molecule has 0 spiro atoms. The van der Waals surface area contributed by atoms with Crippen molar-refractivity contribution in [2.75, 3.05) is 11.4 Å². The van der Waals surface area contributed by atoms with Crippen LogP contribution in [0.4, 0.5) is 5.69 Å². The van der Waals surface area contributed by atoms with Crippen molar-refractivity contribution < 1.29 is 0 Å². The minimum absolute atomic E-state index is 0.145. The molecule has 2 rings (SSSR count). The van der Waals surface area contributed by atoms with Crippen LogP contribution in [0, 0.1) is 0 Å². The lowest BCUT2D eigenvalue weighted by Gasteiger charge is -2.38.